The molecule has 0 saturated heterocycles. The Morgan fingerprint density at radius 2 is 1.91 bits per heavy atom. The van der Waals surface area contributed by atoms with Gasteiger partial charge in [0.05, 0.1) is 18.4 Å². The number of likely N-dealkylation sites (N-methyl/N-ethyl adjacent to an activating group) is 1. The van der Waals surface area contributed by atoms with Crippen molar-refractivity contribution >= 4 is 11.8 Å². The average Bonchev–Trinajstić information content (AvgIpc) is 2.97. The van der Waals surface area contributed by atoms with Crippen molar-refractivity contribution in [2.75, 3.05) is 13.1 Å². The zero-order valence-electron chi connectivity index (χ0n) is 13.1. The third-order valence-electron chi connectivity index (χ3n) is 3.50. The highest BCUT2D eigenvalue weighted by Crippen LogP contribution is 2.12. The number of carbonyl (C=O) groups is 2. The van der Waals surface area contributed by atoms with E-state index < -0.39 is 0 Å². The van der Waals surface area contributed by atoms with Crippen molar-refractivity contribution in [2.24, 2.45) is 0 Å². The van der Waals surface area contributed by atoms with Crippen LogP contribution in [0.1, 0.15) is 28.6 Å². The summed E-state index contributed by atoms with van der Waals surface area (Å²) >= 11 is 0. The topological polar surface area (TPSA) is 62.6 Å². The Morgan fingerprint density at radius 1 is 1.22 bits per heavy atom. The van der Waals surface area contributed by atoms with Gasteiger partial charge in [-0.25, -0.2) is 4.39 Å². The van der Waals surface area contributed by atoms with E-state index in [0.717, 1.165) is 5.56 Å². The Balaban J connectivity index is 1.91. The van der Waals surface area contributed by atoms with Gasteiger partial charge in [0.15, 0.2) is 0 Å². The molecule has 2 rings (SSSR count). The van der Waals surface area contributed by atoms with E-state index in [1.54, 1.807) is 32.0 Å². The van der Waals surface area contributed by atoms with Crippen LogP contribution in [0.4, 0.5) is 4.39 Å². The van der Waals surface area contributed by atoms with E-state index in [9.17, 15) is 14.0 Å². The summed E-state index contributed by atoms with van der Waals surface area (Å²) in [5.74, 6) is -0.306. The van der Waals surface area contributed by atoms with Crippen LogP contribution < -0.4 is 5.32 Å². The fourth-order valence-electron chi connectivity index (χ4n) is 2.14. The van der Waals surface area contributed by atoms with Gasteiger partial charge >= 0.3 is 0 Å². The zero-order valence-corrected chi connectivity index (χ0v) is 13.1. The van der Waals surface area contributed by atoms with Crippen LogP contribution in [-0.4, -0.2) is 29.8 Å². The molecule has 1 aromatic carbocycles. The van der Waals surface area contributed by atoms with E-state index in [4.69, 9.17) is 4.42 Å². The van der Waals surface area contributed by atoms with Crippen LogP contribution in [0.15, 0.2) is 41.0 Å². The zero-order chi connectivity index (χ0) is 16.8. The van der Waals surface area contributed by atoms with Crippen molar-refractivity contribution in [3.63, 3.8) is 0 Å². The van der Waals surface area contributed by atoms with Crippen LogP contribution in [0.3, 0.4) is 0 Å². The molecule has 2 amide bonds. The molecule has 6 heteroatoms. The number of halogens is 1. The van der Waals surface area contributed by atoms with Gasteiger partial charge in [-0.3, -0.25) is 9.59 Å². The summed E-state index contributed by atoms with van der Waals surface area (Å²) in [6.45, 7) is 4.17. The summed E-state index contributed by atoms with van der Waals surface area (Å²) in [6.07, 6.45) is 1.45. The number of benzene rings is 1. The first-order valence-electron chi connectivity index (χ1n) is 7.35. The monoisotopic (exact) mass is 318 g/mol. The highest BCUT2D eigenvalue weighted by molar-refractivity contribution is 5.97. The van der Waals surface area contributed by atoms with Gasteiger partial charge in [-0.05, 0) is 37.6 Å². The number of carbonyl (C=O) groups excluding carboxylic acids is 2. The van der Waals surface area contributed by atoms with E-state index in [0.29, 0.717) is 17.9 Å². The quantitative estimate of drug-likeness (QED) is 0.890. The Morgan fingerprint density at radius 3 is 2.48 bits per heavy atom. The molecule has 0 atom stereocenters. The first-order valence-corrected chi connectivity index (χ1v) is 7.35. The molecule has 0 unspecified atom stereocenters. The third kappa shape index (κ3) is 4.42. The molecule has 0 aliphatic rings. The summed E-state index contributed by atoms with van der Waals surface area (Å²) in [4.78, 5) is 25.8. The van der Waals surface area contributed by atoms with Crippen LogP contribution in [-0.2, 0) is 11.3 Å². The molecule has 1 heterocycles. The number of amides is 2. The highest BCUT2D eigenvalue weighted by Gasteiger charge is 2.20. The maximum atomic E-state index is 12.8. The number of aryl methyl sites for hydroxylation is 1. The second kappa shape index (κ2) is 7.58. The van der Waals surface area contributed by atoms with Gasteiger partial charge in [0.1, 0.15) is 11.6 Å². The lowest BCUT2D eigenvalue weighted by Gasteiger charge is -2.20. The molecule has 23 heavy (non-hydrogen) atoms. The van der Waals surface area contributed by atoms with E-state index >= 15 is 0 Å². The molecule has 0 aliphatic carbocycles. The minimum absolute atomic E-state index is 0.0405. The number of nitrogens with one attached hydrogen (secondary N) is 1. The molecule has 0 saturated carbocycles. The Labute approximate surface area is 134 Å². The summed E-state index contributed by atoms with van der Waals surface area (Å²) < 4.78 is 17.9. The van der Waals surface area contributed by atoms with E-state index in [1.165, 1.54) is 23.3 Å². The van der Waals surface area contributed by atoms with Crippen molar-refractivity contribution in [2.45, 2.75) is 20.4 Å². The molecule has 5 nitrogen and oxygen atoms in total. The second-order valence-corrected chi connectivity index (χ2v) is 5.11. The summed E-state index contributed by atoms with van der Waals surface area (Å²) in [7, 11) is 0. The standard InChI is InChI=1S/C17H19FN2O3/c1-3-20(17(22)15-8-9-23-12(15)2)11-16(21)19-10-13-4-6-14(18)7-5-13/h4-9H,3,10-11H2,1-2H3,(H,19,21). The molecule has 122 valence electrons. The number of nitrogens with zero attached hydrogens (tertiary/aromatic N) is 1. The van der Waals surface area contributed by atoms with Crippen LogP contribution in [0.25, 0.3) is 0 Å². The predicted molar refractivity (Wildman–Crippen MR) is 83.3 cm³/mol. The fourth-order valence-corrected chi connectivity index (χ4v) is 2.14. The van der Waals surface area contributed by atoms with Gasteiger partial charge in [0, 0.05) is 13.1 Å². The first kappa shape index (κ1) is 16.7. The van der Waals surface area contributed by atoms with Gasteiger partial charge in [-0.15, -0.1) is 0 Å². The van der Waals surface area contributed by atoms with Gasteiger partial charge < -0.3 is 14.6 Å². The molecular formula is C17H19FN2O3. The number of furan rings is 1. The molecule has 2 aromatic rings. The predicted octanol–water partition coefficient (Wildman–Crippen LogP) is 2.51. The lowest BCUT2D eigenvalue weighted by molar-refractivity contribution is -0.121. The van der Waals surface area contributed by atoms with E-state index in [-0.39, 0.29) is 30.7 Å². The van der Waals surface area contributed by atoms with Crippen molar-refractivity contribution in [3.05, 3.63) is 59.3 Å². The summed E-state index contributed by atoms with van der Waals surface area (Å²) in [5.41, 5.74) is 1.25. The summed E-state index contributed by atoms with van der Waals surface area (Å²) in [6, 6.07) is 7.48. The number of hydrogen-bond donors (Lipinski definition) is 1. The SMILES string of the molecule is CCN(CC(=O)NCc1ccc(F)cc1)C(=O)c1ccoc1C. The molecule has 1 N–H and O–H groups in total. The normalized spacial score (nSPS) is 10.4. The van der Waals surface area contributed by atoms with Crippen LogP contribution in [0, 0.1) is 12.7 Å². The maximum Gasteiger partial charge on any atom is 0.257 e. The molecule has 0 fully saturated rings. The molecule has 1 aromatic heterocycles. The number of hydrogen-bond acceptors (Lipinski definition) is 3. The van der Waals surface area contributed by atoms with Crippen molar-refractivity contribution in [1.82, 2.24) is 10.2 Å². The largest absolute Gasteiger partial charge is 0.469 e. The van der Waals surface area contributed by atoms with Crippen LogP contribution in [0.5, 0.6) is 0 Å². The van der Waals surface area contributed by atoms with Crippen LogP contribution >= 0.6 is 0 Å². The van der Waals surface area contributed by atoms with Gasteiger partial charge in [0.2, 0.25) is 5.91 Å². The lowest BCUT2D eigenvalue weighted by Crippen LogP contribution is -2.40. The van der Waals surface area contributed by atoms with E-state index in [1.807, 2.05) is 0 Å². The minimum Gasteiger partial charge on any atom is -0.469 e. The minimum atomic E-state index is -0.321. The molecule has 0 spiro atoms. The Kier molecular flexibility index (Phi) is 5.51. The second-order valence-electron chi connectivity index (χ2n) is 5.11. The molecule has 0 aliphatic heterocycles. The van der Waals surface area contributed by atoms with Gasteiger partial charge in [-0.1, -0.05) is 12.1 Å². The summed E-state index contributed by atoms with van der Waals surface area (Å²) in [5, 5.41) is 2.72. The van der Waals surface area contributed by atoms with Gasteiger partial charge in [0.25, 0.3) is 5.91 Å². The van der Waals surface area contributed by atoms with Gasteiger partial charge in [-0.2, -0.15) is 0 Å². The Hall–Kier alpha value is -2.63. The average molecular weight is 318 g/mol. The third-order valence-corrected chi connectivity index (χ3v) is 3.50. The molecular weight excluding hydrogens is 299 g/mol. The lowest BCUT2D eigenvalue weighted by atomic mass is 10.2. The highest BCUT2D eigenvalue weighted by atomic mass is 19.1. The first-order chi connectivity index (χ1) is 11.0. The molecule has 0 bridgehead atoms. The fraction of sp³-hybridized carbons (Fsp3) is 0.294. The van der Waals surface area contributed by atoms with Crippen molar-refractivity contribution in [3.8, 4) is 0 Å². The maximum absolute atomic E-state index is 12.8. The number of rotatable bonds is 6. The van der Waals surface area contributed by atoms with Crippen molar-refractivity contribution in [1.29, 1.82) is 0 Å². The molecule has 0 radical (unpaired) electrons. The van der Waals surface area contributed by atoms with Crippen LogP contribution in [0.2, 0.25) is 0 Å². The Bertz CT molecular complexity index is 679. The smallest absolute Gasteiger partial charge is 0.257 e. The van der Waals surface area contributed by atoms with E-state index in [2.05, 4.69) is 5.32 Å². The van der Waals surface area contributed by atoms with Crippen molar-refractivity contribution < 1.29 is 18.4 Å².